The zero-order valence-corrected chi connectivity index (χ0v) is 14.2. The van der Waals surface area contributed by atoms with Gasteiger partial charge in [-0.05, 0) is 35.7 Å². The molecule has 1 N–H and O–H groups in total. The molecule has 0 aliphatic heterocycles. The average molecular weight is 342 g/mol. The summed E-state index contributed by atoms with van der Waals surface area (Å²) in [4.78, 5) is 17.3. The van der Waals surface area contributed by atoms with E-state index in [4.69, 9.17) is 0 Å². The Morgan fingerprint density at radius 3 is 2.46 bits per heavy atom. The van der Waals surface area contributed by atoms with Crippen molar-refractivity contribution >= 4 is 10.9 Å². The van der Waals surface area contributed by atoms with E-state index in [1.165, 1.54) is 0 Å². The Labute approximate surface area is 151 Å². The van der Waals surface area contributed by atoms with E-state index in [0.717, 1.165) is 16.6 Å². The molecule has 2 aromatic carbocycles. The SMILES string of the molecule is O=c1c(-c2ccccc2)c(O)c2ccccc2n1CCc1cccnc1. The lowest BCUT2D eigenvalue weighted by atomic mass is 10.0. The van der Waals surface area contributed by atoms with E-state index in [0.29, 0.717) is 23.9 Å². The third-order valence-electron chi connectivity index (χ3n) is 4.56. The summed E-state index contributed by atoms with van der Waals surface area (Å²) >= 11 is 0. The van der Waals surface area contributed by atoms with Gasteiger partial charge in [0.05, 0.1) is 11.1 Å². The molecule has 0 atom stereocenters. The van der Waals surface area contributed by atoms with E-state index in [9.17, 15) is 9.90 Å². The first-order valence-electron chi connectivity index (χ1n) is 8.54. The van der Waals surface area contributed by atoms with Gasteiger partial charge in [0.1, 0.15) is 5.75 Å². The predicted molar refractivity (Wildman–Crippen MR) is 103 cm³/mol. The maximum Gasteiger partial charge on any atom is 0.262 e. The average Bonchev–Trinajstić information content (AvgIpc) is 2.70. The van der Waals surface area contributed by atoms with Crippen molar-refractivity contribution in [3.05, 3.63) is 95.0 Å². The smallest absolute Gasteiger partial charge is 0.262 e. The summed E-state index contributed by atoms with van der Waals surface area (Å²) in [7, 11) is 0. The van der Waals surface area contributed by atoms with Crippen LogP contribution in [-0.2, 0) is 13.0 Å². The van der Waals surface area contributed by atoms with Gasteiger partial charge < -0.3 is 9.67 Å². The van der Waals surface area contributed by atoms with E-state index in [1.54, 1.807) is 10.8 Å². The summed E-state index contributed by atoms with van der Waals surface area (Å²) in [6.45, 7) is 0.519. The Kier molecular flexibility index (Phi) is 4.23. The predicted octanol–water partition coefficient (Wildman–Crippen LogP) is 4.01. The Hall–Kier alpha value is -3.40. The summed E-state index contributed by atoms with van der Waals surface area (Å²) in [5.74, 6) is 0.0365. The maximum atomic E-state index is 13.2. The molecule has 4 nitrogen and oxygen atoms in total. The molecule has 0 unspecified atom stereocenters. The monoisotopic (exact) mass is 342 g/mol. The molecule has 0 radical (unpaired) electrons. The Morgan fingerprint density at radius 1 is 0.923 bits per heavy atom. The first-order valence-corrected chi connectivity index (χ1v) is 8.54. The first kappa shape index (κ1) is 16.1. The van der Waals surface area contributed by atoms with Gasteiger partial charge in [-0.3, -0.25) is 9.78 Å². The van der Waals surface area contributed by atoms with Crippen LogP contribution in [0.15, 0.2) is 83.9 Å². The number of aromatic hydroxyl groups is 1. The van der Waals surface area contributed by atoms with E-state index >= 15 is 0 Å². The van der Waals surface area contributed by atoms with Crippen LogP contribution in [0.2, 0.25) is 0 Å². The van der Waals surface area contributed by atoms with E-state index in [1.807, 2.05) is 72.9 Å². The van der Waals surface area contributed by atoms with Gasteiger partial charge in [-0.2, -0.15) is 0 Å². The number of hydrogen-bond donors (Lipinski definition) is 1. The first-order chi connectivity index (χ1) is 12.8. The Balaban J connectivity index is 1.90. The van der Waals surface area contributed by atoms with Gasteiger partial charge in [-0.15, -0.1) is 0 Å². The number of para-hydroxylation sites is 1. The highest BCUT2D eigenvalue weighted by molar-refractivity contribution is 5.92. The largest absolute Gasteiger partial charge is 0.506 e. The van der Waals surface area contributed by atoms with Gasteiger partial charge >= 0.3 is 0 Å². The highest BCUT2D eigenvalue weighted by Gasteiger charge is 2.17. The summed E-state index contributed by atoms with van der Waals surface area (Å²) in [6.07, 6.45) is 4.24. The van der Waals surface area contributed by atoms with Crippen molar-refractivity contribution in [1.29, 1.82) is 0 Å². The lowest BCUT2D eigenvalue weighted by molar-refractivity contribution is 0.481. The number of benzene rings is 2. The minimum atomic E-state index is -0.184. The van der Waals surface area contributed by atoms with Crippen molar-refractivity contribution in [3.8, 4) is 16.9 Å². The van der Waals surface area contributed by atoms with E-state index < -0.39 is 0 Å². The maximum absolute atomic E-state index is 13.2. The van der Waals surface area contributed by atoms with Crippen LogP contribution in [0.3, 0.4) is 0 Å². The second-order valence-electron chi connectivity index (χ2n) is 6.17. The normalized spacial score (nSPS) is 10.9. The van der Waals surface area contributed by atoms with Crippen LogP contribution < -0.4 is 5.56 Å². The topological polar surface area (TPSA) is 55.1 Å². The molecule has 4 rings (SSSR count). The molecule has 0 saturated heterocycles. The van der Waals surface area contributed by atoms with Crippen molar-refractivity contribution in [2.75, 3.05) is 0 Å². The zero-order chi connectivity index (χ0) is 17.9. The van der Waals surface area contributed by atoms with Gasteiger partial charge in [0.2, 0.25) is 0 Å². The summed E-state index contributed by atoms with van der Waals surface area (Å²) < 4.78 is 1.74. The molecule has 0 bridgehead atoms. The Bertz CT molecular complexity index is 1100. The number of hydrogen-bond acceptors (Lipinski definition) is 3. The Morgan fingerprint density at radius 2 is 1.69 bits per heavy atom. The van der Waals surface area contributed by atoms with Crippen molar-refractivity contribution in [2.45, 2.75) is 13.0 Å². The molecule has 0 spiro atoms. The van der Waals surface area contributed by atoms with Crippen molar-refractivity contribution in [2.24, 2.45) is 0 Å². The second kappa shape index (κ2) is 6.84. The van der Waals surface area contributed by atoms with Crippen molar-refractivity contribution < 1.29 is 5.11 Å². The number of fused-ring (bicyclic) bond motifs is 1. The second-order valence-corrected chi connectivity index (χ2v) is 6.17. The van der Waals surface area contributed by atoms with Crippen LogP contribution in [-0.4, -0.2) is 14.7 Å². The fourth-order valence-electron chi connectivity index (χ4n) is 3.26. The number of rotatable bonds is 4. The molecule has 0 fully saturated rings. The molecule has 2 aromatic heterocycles. The van der Waals surface area contributed by atoms with Crippen molar-refractivity contribution in [1.82, 2.24) is 9.55 Å². The van der Waals surface area contributed by atoms with E-state index in [2.05, 4.69) is 4.98 Å². The molecule has 4 heteroatoms. The third kappa shape index (κ3) is 2.86. The number of nitrogens with zero attached hydrogens (tertiary/aromatic N) is 2. The van der Waals surface area contributed by atoms with Crippen LogP contribution in [0.1, 0.15) is 5.56 Å². The number of aromatic nitrogens is 2. The van der Waals surface area contributed by atoms with Gasteiger partial charge in [0.15, 0.2) is 0 Å². The number of aryl methyl sites for hydroxylation is 2. The molecule has 0 saturated carbocycles. The molecular formula is C22H18N2O2. The van der Waals surface area contributed by atoms with Gasteiger partial charge in [0.25, 0.3) is 5.56 Å². The fourth-order valence-corrected chi connectivity index (χ4v) is 3.26. The zero-order valence-electron chi connectivity index (χ0n) is 14.2. The van der Waals surface area contributed by atoms with Crippen LogP contribution in [0, 0.1) is 0 Å². The molecule has 26 heavy (non-hydrogen) atoms. The minimum Gasteiger partial charge on any atom is -0.506 e. The molecule has 2 heterocycles. The van der Waals surface area contributed by atoms with Crippen LogP contribution in [0.5, 0.6) is 5.75 Å². The van der Waals surface area contributed by atoms with Gasteiger partial charge in [-0.25, -0.2) is 0 Å². The van der Waals surface area contributed by atoms with Gasteiger partial charge in [0, 0.05) is 24.3 Å². The molecule has 128 valence electrons. The van der Waals surface area contributed by atoms with E-state index in [-0.39, 0.29) is 11.3 Å². The highest BCUT2D eigenvalue weighted by Crippen LogP contribution is 2.32. The number of pyridine rings is 2. The van der Waals surface area contributed by atoms with Crippen LogP contribution in [0.4, 0.5) is 0 Å². The summed E-state index contributed by atoms with van der Waals surface area (Å²) in [6, 6.07) is 20.7. The molecule has 0 aliphatic rings. The lowest BCUT2D eigenvalue weighted by Gasteiger charge is -2.15. The third-order valence-corrected chi connectivity index (χ3v) is 4.56. The standard InChI is InChI=1S/C22H18N2O2/c25-21-18-10-4-5-11-19(18)24(14-12-16-7-6-13-23-15-16)22(26)20(21)17-8-2-1-3-9-17/h1-11,13,15,25H,12,14H2. The van der Waals surface area contributed by atoms with Crippen molar-refractivity contribution in [3.63, 3.8) is 0 Å². The van der Waals surface area contributed by atoms with Gasteiger partial charge in [-0.1, -0.05) is 48.5 Å². The van der Waals surface area contributed by atoms with Crippen LogP contribution >= 0.6 is 0 Å². The van der Waals surface area contributed by atoms with Crippen LogP contribution in [0.25, 0.3) is 22.0 Å². The molecule has 0 aliphatic carbocycles. The fraction of sp³-hybridized carbons (Fsp3) is 0.0909. The molecular weight excluding hydrogens is 324 g/mol. The summed E-state index contributed by atoms with van der Waals surface area (Å²) in [5.41, 5.74) is 2.68. The minimum absolute atomic E-state index is 0.0365. The summed E-state index contributed by atoms with van der Waals surface area (Å²) in [5, 5.41) is 11.4. The highest BCUT2D eigenvalue weighted by atomic mass is 16.3. The lowest BCUT2D eigenvalue weighted by Crippen LogP contribution is -2.23. The molecule has 0 amide bonds. The molecule has 4 aromatic rings. The quantitative estimate of drug-likeness (QED) is 0.610.